The van der Waals surface area contributed by atoms with Crippen LogP contribution in [0.1, 0.15) is 20.8 Å². The molecule has 0 aliphatic rings. The molecule has 0 fully saturated rings. The Bertz CT molecular complexity index is 1030. The second-order valence-corrected chi connectivity index (χ2v) is 7.10. The van der Waals surface area contributed by atoms with Crippen molar-refractivity contribution in [3.05, 3.63) is 52.4 Å². The lowest BCUT2D eigenvalue weighted by atomic mass is 10.1. The summed E-state index contributed by atoms with van der Waals surface area (Å²) in [5.74, 6) is -0.00453. The number of aryl methyl sites for hydroxylation is 2. The van der Waals surface area contributed by atoms with Gasteiger partial charge in [0, 0.05) is 21.5 Å². The quantitative estimate of drug-likeness (QED) is 0.624. The minimum absolute atomic E-state index is 0.347. The monoisotopic (exact) mass is 384 g/mol. The van der Waals surface area contributed by atoms with Gasteiger partial charge in [0.1, 0.15) is 0 Å². The molecule has 0 atom stereocenters. The van der Waals surface area contributed by atoms with Crippen molar-refractivity contribution in [2.75, 3.05) is 24.9 Å². The first-order valence-corrected chi connectivity index (χ1v) is 9.08. The van der Waals surface area contributed by atoms with Crippen LogP contribution in [-0.4, -0.2) is 26.2 Å². The van der Waals surface area contributed by atoms with Crippen LogP contribution >= 0.6 is 11.3 Å². The molecule has 0 aliphatic heterocycles. The van der Waals surface area contributed by atoms with Crippen molar-refractivity contribution in [3.8, 4) is 5.75 Å². The van der Waals surface area contributed by atoms with Gasteiger partial charge in [-0.2, -0.15) is 0 Å². The highest BCUT2D eigenvalue weighted by molar-refractivity contribution is 7.21. The molecule has 140 valence electrons. The maximum Gasteiger partial charge on any atom is 0.351 e. The number of nitrogens with one attached hydrogen (secondary N) is 2. The predicted molar refractivity (Wildman–Crippen MR) is 108 cm³/mol. The van der Waals surface area contributed by atoms with Crippen LogP contribution in [0.5, 0.6) is 5.75 Å². The molecule has 0 saturated carbocycles. The fraction of sp³-hybridized carbons (Fsp3) is 0.200. The van der Waals surface area contributed by atoms with Gasteiger partial charge in [0.15, 0.2) is 10.6 Å². The first kappa shape index (κ1) is 18.7. The van der Waals surface area contributed by atoms with E-state index in [1.54, 1.807) is 12.1 Å². The molecule has 3 aromatic rings. The van der Waals surface area contributed by atoms with Crippen LogP contribution < -0.4 is 15.4 Å². The molecule has 6 nitrogen and oxygen atoms in total. The van der Waals surface area contributed by atoms with Gasteiger partial charge >= 0.3 is 12.0 Å². The Morgan fingerprint density at radius 3 is 2.22 bits per heavy atom. The highest BCUT2D eigenvalue weighted by atomic mass is 32.1. The van der Waals surface area contributed by atoms with Gasteiger partial charge in [-0.1, -0.05) is 6.07 Å². The van der Waals surface area contributed by atoms with E-state index in [4.69, 9.17) is 9.47 Å². The summed E-state index contributed by atoms with van der Waals surface area (Å²) >= 11 is 1.29. The number of anilines is 2. The minimum atomic E-state index is -0.449. The molecular weight excluding hydrogens is 364 g/mol. The van der Waals surface area contributed by atoms with Crippen LogP contribution in [0.4, 0.5) is 16.2 Å². The third-order valence-corrected chi connectivity index (χ3v) is 5.37. The fourth-order valence-electron chi connectivity index (χ4n) is 2.70. The van der Waals surface area contributed by atoms with Crippen molar-refractivity contribution in [3.63, 3.8) is 0 Å². The van der Waals surface area contributed by atoms with Gasteiger partial charge in [-0.3, -0.25) is 0 Å². The zero-order valence-corrected chi connectivity index (χ0v) is 16.3. The molecule has 0 aliphatic carbocycles. The second kappa shape index (κ2) is 7.67. The Morgan fingerprint density at radius 1 is 0.926 bits per heavy atom. The molecule has 3 rings (SSSR count). The predicted octanol–water partition coefficient (Wildman–Crippen LogP) is 4.96. The van der Waals surface area contributed by atoms with Gasteiger partial charge in [-0.25, -0.2) is 9.59 Å². The Morgan fingerprint density at radius 2 is 1.59 bits per heavy atom. The van der Waals surface area contributed by atoms with E-state index in [2.05, 4.69) is 10.6 Å². The van der Waals surface area contributed by atoms with Crippen molar-refractivity contribution in [1.82, 2.24) is 0 Å². The third-order valence-electron chi connectivity index (χ3n) is 4.24. The van der Waals surface area contributed by atoms with Gasteiger partial charge in [0.2, 0.25) is 0 Å². The van der Waals surface area contributed by atoms with E-state index in [9.17, 15) is 9.59 Å². The number of thiophene rings is 1. The average Bonchev–Trinajstić information content (AvgIpc) is 3.01. The summed E-state index contributed by atoms with van der Waals surface area (Å²) in [6.45, 7) is 4.01. The van der Waals surface area contributed by atoms with Gasteiger partial charge in [0.25, 0.3) is 0 Å². The van der Waals surface area contributed by atoms with Crippen LogP contribution in [0, 0.1) is 13.8 Å². The van der Waals surface area contributed by atoms with Crippen molar-refractivity contribution in [2.45, 2.75) is 13.8 Å². The number of esters is 1. The Hall–Kier alpha value is -3.06. The standard InChI is InChI=1S/C20H20N2O4S/c1-11-5-6-13(9-12(11)2)21-20(24)22-14-7-8-16-15(10-14)17(25-3)18(27-16)19(23)26-4/h5-10H,1-4H3,(H2,21,22,24). The van der Waals surface area contributed by atoms with Crippen molar-refractivity contribution in [2.24, 2.45) is 0 Å². The number of rotatable bonds is 4. The van der Waals surface area contributed by atoms with Gasteiger partial charge in [-0.15, -0.1) is 11.3 Å². The van der Waals surface area contributed by atoms with Crippen molar-refractivity contribution < 1.29 is 19.1 Å². The molecule has 2 N–H and O–H groups in total. The first-order chi connectivity index (χ1) is 12.9. The number of methoxy groups -OCH3 is 2. The van der Waals surface area contributed by atoms with Crippen molar-refractivity contribution in [1.29, 1.82) is 0 Å². The van der Waals surface area contributed by atoms with Crippen LogP contribution in [-0.2, 0) is 4.74 Å². The van der Waals surface area contributed by atoms with E-state index in [0.29, 0.717) is 16.3 Å². The van der Waals surface area contributed by atoms with Gasteiger partial charge in [0.05, 0.1) is 14.2 Å². The maximum atomic E-state index is 12.3. The molecule has 0 radical (unpaired) electrons. The van der Waals surface area contributed by atoms with Gasteiger partial charge in [-0.05, 0) is 55.3 Å². The normalized spacial score (nSPS) is 10.5. The molecule has 1 heterocycles. The SMILES string of the molecule is COC(=O)c1sc2ccc(NC(=O)Nc3ccc(C)c(C)c3)cc2c1OC. The summed E-state index contributed by atoms with van der Waals surface area (Å²) < 4.78 is 11.0. The second-order valence-electron chi connectivity index (χ2n) is 6.05. The molecule has 1 aromatic heterocycles. The smallest absolute Gasteiger partial charge is 0.351 e. The molecule has 0 bridgehead atoms. The molecular formula is C20H20N2O4S. The number of amides is 2. The van der Waals surface area contributed by atoms with Crippen LogP contribution in [0.15, 0.2) is 36.4 Å². The van der Waals surface area contributed by atoms with Crippen LogP contribution in [0.2, 0.25) is 0 Å². The summed E-state index contributed by atoms with van der Waals surface area (Å²) in [6.07, 6.45) is 0. The number of hydrogen-bond acceptors (Lipinski definition) is 5. The third kappa shape index (κ3) is 3.88. The number of urea groups is 1. The topological polar surface area (TPSA) is 76.7 Å². The lowest BCUT2D eigenvalue weighted by Crippen LogP contribution is -2.19. The summed E-state index contributed by atoms with van der Waals surface area (Å²) in [4.78, 5) is 24.6. The van der Waals surface area contributed by atoms with E-state index in [1.165, 1.54) is 25.6 Å². The zero-order chi connectivity index (χ0) is 19.6. The number of benzene rings is 2. The average molecular weight is 384 g/mol. The Labute approximate surface area is 161 Å². The van der Waals surface area contributed by atoms with Gasteiger partial charge < -0.3 is 20.1 Å². The van der Waals surface area contributed by atoms with E-state index < -0.39 is 5.97 Å². The first-order valence-electron chi connectivity index (χ1n) is 8.27. The molecule has 0 unspecified atom stereocenters. The highest BCUT2D eigenvalue weighted by Crippen LogP contribution is 2.39. The molecule has 2 aromatic carbocycles. The summed E-state index contributed by atoms with van der Waals surface area (Å²) in [5, 5.41) is 6.36. The number of hydrogen-bond donors (Lipinski definition) is 2. The molecule has 0 saturated heterocycles. The molecule has 2 amide bonds. The molecule has 7 heteroatoms. The Kier molecular flexibility index (Phi) is 5.32. The summed E-state index contributed by atoms with van der Waals surface area (Å²) in [6, 6.07) is 10.8. The van der Waals surface area contributed by atoms with E-state index in [0.717, 1.165) is 26.9 Å². The lowest BCUT2D eigenvalue weighted by molar-refractivity contribution is 0.0603. The number of ether oxygens (including phenoxy) is 2. The zero-order valence-electron chi connectivity index (χ0n) is 15.5. The maximum absolute atomic E-state index is 12.3. The summed E-state index contributed by atoms with van der Waals surface area (Å²) in [5.41, 5.74) is 3.58. The largest absolute Gasteiger partial charge is 0.494 e. The summed E-state index contributed by atoms with van der Waals surface area (Å²) in [7, 11) is 2.83. The Balaban J connectivity index is 1.83. The van der Waals surface area contributed by atoms with Crippen molar-refractivity contribution >= 4 is 44.8 Å². The number of fused-ring (bicyclic) bond motifs is 1. The number of carbonyl (C=O) groups is 2. The highest BCUT2D eigenvalue weighted by Gasteiger charge is 2.20. The number of carbonyl (C=O) groups excluding carboxylic acids is 2. The molecule has 27 heavy (non-hydrogen) atoms. The van der Waals surface area contributed by atoms with E-state index in [-0.39, 0.29) is 6.03 Å². The molecule has 0 spiro atoms. The fourth-order valence-corrected chi connectivity index (χ4v) is 3.77. The van der Waals surface area contributed by atoms with E-state index >= 15 is 0 Å². The lowest BCUT2D eigenvalue weighted by Gasteiger charge is -2.10. The van der Waals surface area contributed by atoms with Crippen LogP contribution in [0.25, 0.3) is 10.1 Å². The minimum Gasteiger partial charge on any atom is -0.494 e. The van der Waals surface area contributed by atoms with E-state index in [1.807, 2.05) is 38.1 Å². The van der Waals surface area contributed by atoms with Crippen LogP contribution in [0.3, 0.4) is 0 Å².